The SMILES string of the molecule is CC(=O)NS(=O)(=O)c1ccc(N=Cc2cccc(Cl)c2)cc1. The lowest BCUT2D eigenvalue weighted by molar-refractivity contribution is -0.117. The molecule has 5 nitrogen and oxygen atoms in total. The van der Waals surface area contributed by atoms with Gasteiger partial charge in [0.1, 0.15) is 0 Å². The third-order valence-electron chi connectivity index (χ3n) is 2.64. The van der Waals surface area contributed by atoms with Gasteiger partial charge in [-0.2, -0.15) is 0 Å². The number of rotatable bonds is 4. The van der Waals surface area contributed by atoms with E-state index in [1.54, 1.807) is 30.5 Å². The smallest absolute Gasteiger partial charge is 0.264 e. The fourth-order valence-corrected chi connectivity index (χ4v) is 2.88. The minimum atomic E-state index is -3.82. The highest BCUT2D eigenvalue weighted by Gasteiger charge is 2.14. The number of halogens is 1. The second-order valence-corrected chi connectivity index (χ2v) is 6.59. The van der Waals surface area contributed by atoms with E-state index >= 15 is 0 Å². The van der Waals surface area contributed by atoms with Crippen LogP contribution in [0.3, 0.4) is 0 Å². The van der Waals surface area contributed by atoms with Crippen molar-refractivity contribution in [1.29, 1.82) is 0 Å². The number of carbonyl (C=O) groups excluding carboxylic acids is 1. The van der Waals surface area contributed by atoms with Crippen LogP contribution in [0.1, 0.15) is 12.5 Å². The average molecular weight is 337 g/mol. The molecule has 0 saturated heterocycles. The van der Waals surface area contributed by atoms with Crippen LogP contribution in [-0.2, 0) is 14.8 Å². The standard InChI is InChI=1S/C15H13ClN2O3S/c1-11(19)18-22(20,21)15-7-5-14(6-8-15)17-10-12-3-2-4-13(16)9-12/h2-10H,1H3,(H,18,19). The first-order valence-electron chi connectivity index (χ1n) is 6.30. The number of amides is 1. The van der Waals surface area contributed by atoms with Gasteiger partial charge in [-0.3, -0.25) is 9.79 Å². The van der Waals surface area contributed by atoms with Crippen LogP contribution in [0.4, 0.5) is 5.69 Å². The molecule has 0 aliphatic heterocycles. The minimum absolute atomic E-state index is 0.00408. The first kappa shape index (κ1) is 16.2. The number of hydrogen-bond donors (Lipinski definition) is 1. The van der Waals surface area contributed by atoms with Crippen molar-refractivity contribution in [2.75, 3.05) is 0 Å². The molecular formula is C15H13ClN2O3S. The zero-order valence-electron chi connectivity index (χ0n) is 11.7. The predicted octanol–water partition coefficient (Wildman–Crippen LogP) is 2.92. The van der Waals surface area contributed by atoms with E-state index in [2.05, 4.69) is 4.99 Å². The molecule has 2 aromatic rings. The van der Waals surface area contributed by atoms with E-state index in [-0.39, 0.29) is 4.90 Å². The van der Waals surface area contributed by atoms with E-state index in [1.165, 1.54) is 12.1 Å². The fourth-order valence-electron chi connectivity index (χ4n) is 1.70. The van der Waals surface area contributed by atoms with Gasteiger partial charge in [-0.15, -0.1) is 0 Å². The van der Waals surface area contributed by atoms with E-state index in [1.807, 2.05) is 16.9 Å². The predicted molar refractivity (Wildman–Crippen MR) is 86.2 cm³/mol. The van der Waals surface area contributed by atoms with Gasteiger partial charge in [-0.05, 0) is 42.0 Å². The number of nitrogens with zero attached hydrogens (tertiary/aromatic N) is 1. The molecule has 7 heteroatoms. The van der Waals surface area contributed by atoms with Crippen LogP contribution >= 0.6 is 11.6 Å². The molecule has 0 saturated carbocycles. The number of nitrogens with one attached hydrogen (secondary N) is 1. The highest BCUT2D eigenvalue weighted by Crippen LogP contribution is 2.17. The Morgan fingerprint density at radius 3 is 2.45 bits per heavy atom. The summed E-state index contributed by atoms with van der Waals surface area (Å²) in [7, 11) is -3.82. The second kappa shape index (κ2) is 6.72. The van der Waals surface area contributed by atoms with Crippen molar-refractivity contribution in [2.24, 2.45) is 4.99 Å². The Kier molecular flexibility index (Phi) is 4.95. The van der Waals surface area contributed by atoms with E-state index in [9.17, 15) is 13.2 Å². The molecule has 0 bridgehead atoms. The summed E-state index contributed by atoms with van der Waals surface area (Å²) in [5.74, 6) is -0.636. The Bertz CT molecular complexity index is 815. The molecule has 0 atom stereocenters. The molecule has 0 aliphatic carbocycles. The first-order chi connectivity index (χ1) is 10.4. The molecule has 0 aromatic heterocycles. The van der Waals surface area contributed by atoms with Crippen LogP contribution < -0.4 is 4.72 Å². The zero-order chi connectivity index (χ0) is 16.2. The minimum Gasteiger partial charge on any atom is -0.274 e. The molecule has 2 aromatic carbocycles. The maximum absolute atomic E-state index is 11.8. The van der Waals surface area contributed by atoms with Gasteiger partial charge in [0.05, 0.1) is 10.6 Å². The Morgan fingerprint density at radius 2 is 1.86 bits per heavy atom. The maximum atomic E-state index is 11.8. The van der Waals surface area contributed by atoms with E-state index in [0.29, 0.717) is 10.7 Å². The van der Waals surface area contributed by atoms with E-state index in [4.69, 9.17) is 11.6 Å². The van der Waals surface area contributed by atoms with Crippen molar-refractivity contribution >= 4 is 39.4 Å². The fraction of sp³-hybridized carbons (Fsp3) is 0.0667. The molecule has 2 rings (SSSR count). The lowest BCUT2D eigenvalue weighted by Gasteiger charge is -2.04. The van der Waals surface area contributed by atoms with Crippen LogP contribution in [-0.4, -0.2) is 20.5 Å². The quantitative estimate of drug-likeness (QED) is 0.872. The number of carbonyl (C=O) groups is 1. The lowest BCUT2D eigenvalue weighted by Crippen LogP contribution is -2.28. The summed E-state index contributed by atoms with van der Waals surface area (Å²) in [5.41, 5.74) is 1.42. The topological polar surface area (TPSA) is 75.6 Å². The van der Waals surface area contributed by atoms with Gasteiger partial charge in [-0.1, -0.05) is 23.7 Å². The summed E-state index contributed by atoms with van der Waals surface area (Å²) in [6, 6.07) is 13.1. The monoisotopic (exact) mass is 336 g/mol. The first-order valence-corrected chi connectivity index (χ1v) is 8.16. The molecule has 0 spiro atoms. The van der Waals surface area contributed by atoms with Crippen LogP contribution in [0.5, 0.6) is 0 Å². The van der Waals surface area contributed by atoms with Gasteiger partial charge in [0, 0.05) is 18.2 Å². The molecule has 0 heterocycles. The largest absolute Gasteiger partial charge is 0.274 e. The molecule has 0 aliphatic rings. The van der Waals surface area contributed by atoms with Gasteiger partial charge in [0.2, 0.25) is 5.91 Å². The highest BCUT2D eigenvalue weighted by atomic mass is 35.5. The van der Waals surface area contributed by atoms with Gasteiger partial charge >= 0.3 is 0 Å². The highest BCUT2D eigenvalue weighted by molar-refractivity contribution is 7.90. The van der Waals surface area contributed by atoms with Crippen LogP contribution in [0.2, 0.25) is 5.02 Å². The van der Waals surface area contributed by atoms with Crippen molar-refractivity contribution in [1.82, 2.24) is 4.72 Å². The van der Waals surface area contributed by atoms with E-state index in [0.717, 1.165) is 12.5 Å². The Hall–Kier alpha value is -2.18. The van der Waals surface area contributed by atoms with E-state index < -0.39 is 15.9 Å². The van der Waals surface area contributed by atoms with Gasteiger partial charge in [0.25, 0.3) is 10.0 Å². The number of hydrogen-bond acceptors (Lipinski definition) is 4. The Balaban J connectivity index is 2.17. The van der Waals surface area contributed by atoms with Crippen molar-refractivity contribution in [3.05, 3.63) is 59.1 Å². The van der Waals surface area contributed by atoms with Crippen molar-refractivity contribution < 1.29 is 13.2 Å². The van der Waals surface area contributed by atoms with Gasteiger partial charge in [-0.25, -0.2) is 13.1 Å². The summed E-state index contributed by atoms with van der Waals surface area (Å²) in [5, 5.41) is 0.612. The molecule has 114 valence electrons. The normalized spacial score (nSPS) is 11.5. The second-order valence-electron chi connectivity index (χ2n) is 4.47. The molecular weight excluding hydrogens is 324 g/mol. The summed E-state index contributed by atoms with van der Waals surface area (Å²) in [6.45, 7) is 1.14. The van der Waals surface area contributed by atoms with Crippen LogP contribution in [0.25, 0.3) is 0 Å². The zero-order valence-corrected chi connectivity index (χ0v) is 13.2. The van der Waals surface area contributed by atoms with Gasteiger partial charge < -0.3 is 0 Å². The third kappa shape index (κ3) is 4.41. The summed E-state index contributed by atoms with van der Waals surface area (Å²) < 4.78 is 25.5. The summed E-state index contributed by atoms with van der Waals surface area (Å²) in [4.78, 5) is 15.1. The van der Waals surface area contributed by atoms with Crippen LogP contribution in [0.15, 0.2) is 58.4 Å². The molecule has 1 amide bonds. The van der Waals surface area contributed by atoms with Crippen molar-refractivity contribution in [2.45, 2.75) is 11.8 Å². The molecule has 0 unspecified atom stereocenters. The van der Waals surface area contributed by atoms with Crippen molar-refractivity contribution in [3.8, 4) is 0 Å². The average Bonchev–Trinajstić information content (AvgIpc) is 2.44. The number of sulfonamides is 1. The summed E-state index contributed by atoms with van der Waals surface area (Å²) >= 11 is 5.88. The van der Waals surface area contributed by atoms with Gasteiger partial charge in [0.15, 0.2) is 0 Å². The summed E-state index contributed by atoms with van der Waals surface area (Å²) in [6.07, 6.45) is 1.63. The molecule has 0 fully saturated rings. The maximum Gasteiger partial charge on any atom is 0.264 e. The lowest BCUT2D eigenvalue weighted by atomic mass is 10.2. The molecule has 0 radical (unpaired) electrons. The van der Waals surface area contributed by atoms with Crippen LogP contribution in [0, 0.1) is 0 Å². The Morgan fingerprint density at radius 1 is 1.18 bits per heavy atom. The molecule has 1 N–H and O–H groups in total. The number of aliphatic imine (C=N–C) groups is 1. The Labute approximate surface area is 133 Å². The third-order valence-corrected chi connectivity index (χ3v) is 4.32. The number of benzene rings is 2. The molecule has 22 heavy (non-hydrogen) atoms. The van der Waals surface area contributed by atoms with Crippen molar-refractivity contribution in [3.63, 3.8) is 0 Å².